The van der Waals surface area contributed by atoms with Crippen LogP contribution in [0.4, 0.5) is 23.1 Å². The third-order valence-corrected chi connectivity index (χ3v) is 2.89. The highest BCUT2D eigenvalue weighted by Crippen LogP contribution is 2.14. The third-order valence-electron chi connectivity index (χ3n) is 2.89. The van der Waals surface area contributed by atoms with Crippen molar-refractivity contribution in [2.75, 3.05) is 23.3 Å². The van der Waals surface area contributed by atoms with Gasteiger partial charge in [-0.1, -0.05) is 6.58 Å². The zero-order chi connectivity index (χ0) is 16.8. The molecule has 0 aliphatic rings. The first-order valence-corrected chi connectivity index (χ1v) is 6.66. The van der Waals surface area contributed by atoms with Crippen molar-refractivity contribution in [3.05, 3.63) is 52.3 Å². The van der Waals surface area contributed by atoms with E-state index >= 15 is 0 Å². The van der Waals surface area contributed by atoms with Crippen LogP contribution in [0.3, 0.4) is 0 Å². The topological polar surface area (TPSA) is 139 Å². The van der Waals surface area contributed by atoms with Crippen molar-refractivity contribution in [3.63, 3.8) is 0 Å². The number of carbonyl (C=O) groups is 1. The van der Waals surface area contributed by atoms with E-state index in [1.54, 1.807) is 24.3 Å². The lowest BCUT2D eigenvalue weighted by molar-refractivity contribution is 0.112. The molecule has 1 aromatic carbocycles. The summed E-state index contributed by atoms with van der Waals surface area (Å²) in [6.45, 7) is 4.26. The molecule has 0 amide bonds. The van der Waals surface area contributed by atoms with Crippen LogP contribution in [0, 0.1) is 0 Å². The standard InChI is InChI=1S/C15H16N6O2/c1-9(6-18-11-4-2-10(8-22)3-5-11)7-19-13-12(16)14(23)21-15(17)20-13/h2-5,7-8,18H,1,6,16H2,(H3,17,20,21,23)/b19-7-. The van der Waals surface area contributed by atoms with E-state index in [9.17, 15) is 9.59 Å². The van der Waals surface area contributed by atoms with Crippen LogP contribution in [0.1, 0.15) is 10.4 Å². The average molecular weight is 312 g/mol. The highest BCUT2D eigenvalue weighted by Gasteiger charge is 2.05. The van der Waals surface area contributed by atoms with Crippen LogP contribution in [-0.4, -0.2) is 29.0 Å². The Morgan fingerprint density at radius 3 is 2.70 bits per heavy atom. The van der Waals surface area contributed by atoms with E-state index in [1.165, 1.54) is 6.21 Å². The highest BCUT2D eigenvalue weighted by molar-refractivity contribution is 5.82. The number of aliphatic imine (C=N–C) groups is 1. The van der Waals surface area contributed by atoms with Crippen LogP contribution < -0.4 is 22.3 Å². The normalized spacial score (nSPS) is 10.6. The maximum atomic E-state index is 11.4. The van der Waals surface area contributed by atoms with Crippen molar-refractivity contribution >= 4 is 35.6 Å². The average Bonchev–Trinajstić information content (AvgIpc) is 2.55. The summed E-state index contributed by atoms with van der Waals surface area (Å²) in [4.78, 5) is 32.2. The van der Waals surface area contributed by atoms with Gasteiger partial charge in [0.1, 0.15) is 12.0 Å². The Labute approximate surface area is 132 Å². The fraction of sp³-hybridized carbons (Fsp3) is 0.0667. The molecule has 23 heavy (non-hydrogen) atoms. The second-order valence-corrected chi connectivity index (χ2v) is 4.70. The summed E-state index contributed by atoms with van der Waals surface area (Å²) < 4.78 is 0. The fourth-order valence-corrected chi connectivity index (χ4v) is 1.68. The van der Waals surface area contributed by atoms with Gasteiger partial charge in [0.05, 0.1) is 0 Å². The molecule has 0 unspecified atom stereocenters. The van der Waals surface area contributed by atoms with Crippen molar-refractivity contribution < 1.29 is 4.79 Å². The summed E-state index contributed by atoms with van der Waals surface area (Å²) in [6.07, 6.45) is 2.23. The lowest BCUT2D eigenvalue weighted by Gasteiger charge is -2.06. The number of aromatic nitrogens is 2. The van der Waals surface area contributed by atoms with E-state index in [-0.39, 0.29) is 17.5 Å². The van der Waals surface area contributed by atoms with E-state index in [1.807, 2.05) is 0 Å². The number of nitrogens with one attached hydrogen (secondary N) is 2. The second-order valence-electron chi connectivity index (χ2n) is 4.70. The van der Waals surface area contributed by atoms with Crippen LogP contribution in [0.15, 0.2) is 46.2 Å². The van der Waals surface area contributed by atoms with Gasteiger partial charge in [-0.2, -0.15) is 4.98 Å². The second kappa shape index (κ2) is 7.03. The van der Waals surface area contributed by atoms with Crippen LogP contribution in [0.25, 0.3) is 0 Å². The molecule has 0 aliphatic heterocycles. The monoisotopic (exact) mass is 312 g/mol. The Balaban J connectivity index is 1.99. The van der Waals surface area contributed by atoms with Gasteiger partial charge in [-0.25, -0.2) is 4.99 Å². The molecule has 0 spiro atoms. The van der Waals surface area contributed by atoms with Gasteiger partial charge in [0.2, 0.25) is 5.95 Å². The molecule has 0 radical (unpaired) electrons. The minimum atomic E-state index is -0.538. The minimum Gasteiger partial charge on any atom is -0.391 e. The van der Waals surface area contributed by atoms with Gasteiger partial charge >= 0.3 is 0 Å². The molecular weight excluding hydrogens is 296 g/mol. The van der Waals surface area contributed by atoms with Gasteiger partial charge in [0.15, 0.2) is 5.82 Å². The Bertz CT molecular complexity index is 808. The molecule has 2 aromatic rings. The molecule has 1 aromatic heterocycles. The molecule has 8 nitrogen and oxygen atoms in total. The number of nitrogens with zero attached hydrogens (tertiary/aromatic N) is 2. The first-order chi connectivity index (χ1) is 11.0. The SMILES string of the molecule is C=C(/C=N\c1nc(N)[nH]c(=O)c1N)CNc1ccc(C=O)cc1. The number of nitrogens with two attached hydrogens (primary N) is 2. The van der Waals surface area contributed by atoms with Crippen LogP contribution >= 0.6 is 0 Å². The molecular formula is C15H16N6O2. The minimum absolute atomic E-state index is 0.0442. The molecule has 0 atom stereocenters. The molecule has 2 rings (SSSR count). The first kappa shape index (κ1) is 16.0. The number of nitrogen functional groups attached to an aromatic ring is 2. The fourth-order valence-electron chi connectivity index (χ4n) is 1.68. The molecule has 0 saturated heterocycles. The van der Waals surface area contributed by atoms with Gasteiger partial charge in [0.25, 0.3) is 5.56 Å². The van der Waals surface area contributed by atoms with Crippen molar-refractivity contribution in [2.24, 2.45) is 4.99 Å². The van der Waals surface area contributed by atoms with Crippen molar-refractivity contribution in [2.45, 2.75) is 0 Å². The summed E-state index contributed by atoms with van der Waals surface area (Å²) in [5.74, 6) is -0.0157. The summed E-state index contributed by atoms with van der Waals surface area (Å²) in [5, 5.41) is 3.12. The van der Waals surface area contributed by atoms with Gasteiger partial charge in [-0.3, -0.25) is 14.6 Å². The largest absolute Gasteiger partial charge is 0.391 e. The van der Waals surface area contributed by atoms with Gasteiger partial charge in [0, 0.05) is 24.0 Å². The predicted octanol–water partition coefficient (Wildman–Crippen LogP) is 1.12. The van der Waals surface area contributed by atoms with E-state index < -0.39 is 5.56 Å². The number of aldehydes is 1. The maximum Gasteiger partial charge on any atom is 0.277 e. The van der Waals surface area contributed by atoms with E-state index in [4.69, 9.17) is 11.5 Å². The number of aromatic amines is 1. The highest BCUT2D eigenvalue weighted by atomic mass is 16.1. The summed E-state index contributed by atoms with van der Waals surface area (Å²) in [6, 6.07) is 6.97. The summed E-state index contributed by atoms with van der Waals surface area (Å²) in [7, 11) is 0. The summed E-state index contributed by atoms with van der Waals surface area (Å²) >= 11 is 0. The number of rotatable bonds is 6. The smallest absolute Gasteiger partial charge is 0.277 e. The first-order valence-electron chi connectivity index (χ1n) is 6.66. The Kier molecular flexibility index (Phi) is 4.88. The molecule has 118 valence electrons. The lowest BCUT2D eigenvalue weighted by atomic mass is 10.2. The van der Waals surface area contributed by atoms with Crippen LogP contribution in [0.2, 0.25) is 0 Å². The number of carbonyl (C=O) groups excluding carboxylic acids is 1. The number of hydrogen-bond acceptors (Lipinski definition) is 7. The van der Waals surface area contributed by atoms with Crippen molar-refractivity contribution in [3.8, 4) is 0 Å². The van der Waals surface area contributed by atoms with Crippen molar-refractivity contribution in [1.82, 2.24) is 9.97 Å². The third kappa shape index (κ3) is 4.27. The van der Waals surface area contributed by atoms with Crippen LogP contribution in [-0.2, 0) is 0 Å². The Morgan fingerprint density at radius 2 is 2.04 bits per heavy atom. The van der Waals surface area contributed by atoms with E-state index in [0.29, 0.717) is 17.7 Å². The zero-order valence-corrected chi connectivity index (χ0v) is 12.2. The van der Waals surface area contributed by atoms with Crippen LogP contribution in [0.5, 0.6) is 0 Å². The Morgan fingerprint density at radius 1 is 1.35 bits per heavy atom. The summed E-state index contributed by atoms with van der Waals surface area (Å²) in [5.41, 5.74) is 12.4. The van der Waals surface area contributed by atoms with Crippen molar-refractivity contribution in [1.29, 1.82) is 0 Å². The van der Waals surface area contributed by atoms with Gasteiger partial charge in [-0.05, 0) is 29.8 Å². The molecule has 1 heterocycles. The maximum absolute atomic E-state index is 11.4. The molecule has 0 bridgehead atoms. The molecule has 8 heteroatoms. The Hall–Kier alpha value is -3.42. The number of H-pyrrole nitrogens is 1. The molecule has 0 saturated carbocycles. The molecule has 0 aliphatic carbocycles. The quantitative estimate of drug-likeness (QED) is 0.465. The number of hydrogen-bond donors (Lipinski definition) is 4. The molecule has 0 fully saturated rings. The van der Waals surface area contributed by atoms with E-state index in [2.05, 4.69) is 26.9 Å². The van der Waals surface area contributed by atoms with Gasteiger partial charge < -0.3 is 16.8 Å². The zero-order valence-electron chi connectivity index (χ0n) is 12.2. The van der Waals surface area contributed by atoms with E-state index in [0.717, 1.165) is 12.0 Å². The van der Waals surface area contributed by atoms with Gasteiger partial charge in [-0.15, -0.1) is 0 Å². The molecule has 6 N–H and O–H groups in total. The number of benzene rings is 1. The number of anilines is 3. The predicted molar refractivity (Wildman–Crippen MR) is 91.3 cm³/mol. The lowest BCUT2D eigenvalue weighted by Crippen LogP contribution is -2.15.